The molecule has 0 radical (unpaired) electrons. The van der Waals surface area contributed by atoms with Gasteiger partial charge in [0.05, 0.1) is 0 Å². The minimum absolute atomic E-state index is 0.463. The highest BCUT2D eigenvalue weighted by Crippen LogP contribution is 2.06. The molecule has 0 bridgehead atoms. The zero-order valence-electron chi connectivity index (χ0n) is 9.12. The third-order valence-electron chi connectivity index (χ3n) is 2.32. The van der Waals surface area contributed by atoms with E-state index in [4.69, 9.17) is 0 Å². The third-order valence-corrected chi connectivity index (χ3v) is 2.32. The molecule has 1 aromatic rings. The maximum absolute atomic E-state index is 3.05. The molecule has 0 saturated heterocycles. The van der Waals surface area contributed by atoms with Crippen molar-refractivity contribution in [2.45, 2.75) is 26.3 Å². The lowest BCUT2D eigenvalue weighted by Gasteiger charge is -2.20. The number of hydrogen-bond acceptors (Lipinski definition) is 1. The topological polar surface area (TPSA) is 3.24 Å². The van der Waals surface area contributed by atoms with Crippen LogP contribution in [0.25, 0.3) is 0 Å². The van der Waals surface area contributed by atoms with Gasteiger partial charge < -0.3 is 4.90 Å². The van der Waals surface area contributed by atoms with E-state index >= 15 is 0 Å². The second-order valence-electron chi connectivity index (χ2n) is 3.51. The fraction of sp³-hybridized carbons (Fsp3) is 0.385. The summed E-state index contributed by atoms with van der Waals surface area (Å²) in [6, 6.07) is 14.0. The van der Waals surface area contributed by atoms with Gasteiger partial charge >= 0.3 is 0 Å². The summed E-state index contributed by atoms with van der Waals surface area (Å²) in [4.78, 5) is 2.06. The van der Waals surface area contributed by atoms with Crippen LogP contribution in [0.3, 0.4) is 0 Å². The second-order valence-corrected chi connectivity index (χ2v) is 3.51. The molecule has 1 nitrogen and oxygen atoms in total. The summed E-state index contributed by atoms with van der Waals surface area (Å²) < 4.78 is 0. The highest BCUT2D eigenvalue weighted by molar-refractivity contribution is 5.16. The Morgan fingerprint density at radius 2 is 1.93 bits per heavy atom. The lowest BCUT2D eigenvalue weighted by molar-refractivity contribution is 0.370. The second kappa shape index (κ2) is 5.34. The summed E-state index contributed by atoms with van der Waals surface area (Å²) in [5.74, 6) is 2.91. The Balaban J connectivity index is 2.55. The first-order chi connectivity index (χ1) is 6.74. The van der Waals surface area contributed by atoms with Gasteiger partial charge in [0, 0.05) is 19.1 Å². The number of nitrogens with zero attached hydrogens (tertiary/aromatic N) is 1. The van der Waals surface area contributed by atoms with Crippen molar-refractivity contribution in [3.05, 3.63) is 35.9 Å². The van der Waals surface area contributed by atoms with E-state index < -0.39 is 0 Å². The van der Waals surface area contributed by atoms with Gasteiger partial charge in [-0.2, -0.15) is 0 Å². The first kappa shape index (κ1) is 10.7. The van der Waals surface area contributed by atoms with Gasteiger partial charge in [0.2, 0.25) is 0 Å². The molecular formula is C13H17N. The van der Waals surface area contributed by atoms with Crippen LogP contribution >= 0.6 is 0 Å². The summed E-state index contributed by atoms with van der Waals surface area (Å²) in [7, 11) is 2.03. The van der Waals surface area contributed by atoms with Crippen LogP contribution in [0.15, 0.2) is 30.3 Å². The lowest BCUT2D eigenvalue weighted by Crippen LogP contribution is -2.26. The van der Waals surface area contributed by atoms with Gasteiger partial charge in [-0.15, -0.1) is 0 Å². The fourth-order valence-corrected chi connectivity index (χ4v) is 1.38. The summed E-state index contributed by atoms with van der Waals surface area (Å²) in [6.45, 7) is 4.06. The number of likely N-dealkylation sites (N-methyl/N-ethyl adjacent to an activating group) is 1. The SMILES string of the molecule is CC#CN(C)C(C)Cc1ccccc1. The molecule has 1 heteroatoms. The van der Waals surface area contributed by atoms with Crippen LogP contribution < -0.4 is 0 Å². The molecule has 0 aliphatic carbocycles. The molecule has 14 heavy (non-hydrogen) atoms. The van der Waals surface area contributed by atoms with E-state index in [2.05, 4.69) is 48.1 Å². The van der Waals surface area contributed by atoms with Gasteiger partial charge in [0.15, 0.2) is 0 Å². The zero-order chi connectivity index (χ0) is 10.4. The Bertz CT molecular complexity index is 318. The molecule has 0 amide bonds. The fourth-order valence-electron chi connectivity index (χ4n) is 1.38. The van der Waals surface area contributed by atoms with Crippen LogP contribution in [0, 0.1) is 12.0 Å². The summed E-state index contributed by atoms with van der Waals surface area (Å²) >= 11 is 0. The first-order valence-corrected chi connectivity index (χ1v) is 4.93. The summed E-state index contributed by atoms with van der Waals surface area (Å²) in [5.41, 5.74) is 1.37. The quantitative estimate of drug-likeness (QED) is 0.519. The highest BCUT2D eigenvalue weighted by Gasteiger charge is 2.05. The Morgan fingerprint density at radius 3 is 2.50 bits per heavy atom. The third kappa shape index (κ3) is 3.14. The molecule has 0 saturated carbocycles. The van der Waals surface area contributed by atoms with Crippen molar-refractivity contribution in [1.29, 1.82) is 0 Å². The Morgan fingerprint density at radius 1 is 1.29 bits per heavy atom. The van der Waals surface area contributed by atoms with Crippen LogP contribution in [0.2, 0.25) is 0 Å². The molecule has 0 aliphatic heterocycles. The van der Waals surface area contributed by atoms with Crippen molar-refractivity contribution < 1.29 is 0 Å². The van der Waals surface area contributed by atoms with E-state index in [1.807, 2.05) is 20.0 Å². The van der Waals surface area contributed by atoms with Crippen molar-refractivity contribution in [3.63, 3.8) is 0 Å². The molecule has 0 aliphatic rings. The van der Waals surface area contributed by atoms with Crippen molar-refractivity contribution >= 4 is 0 Å². The molecule has 74 valence electrons. The molecule has 0 aromatic heterocycles. The first-order valence-electron chi connectivity index (χ1n) is 4.93. The van der Waals surface area contributed by atoms with Gasteiger partial charge in [-0.3, -0.25) is 0 Å². The van der Waals surface area contributed by atoms with Gasteiger partial charge in [-0.1, -0.05) is 36.3 Å². The van der Waals surface area contributed by atoms with Crippen molar-refractivity contribution in [2.75, 3.05) is 7.05 Å². The van der Waals surface area contributed by atoms with E-state index in [1.54, 1.807) is 0 Å². The average molecular weight is 187 g/mol. The van der Waals surface area contributed by atoms with E-state index in [1.165, 1.54) is 5.56 Å². The standard InChI is InChI=1S/C13H17N/c1-4-10-14(3)12(2)11-13-8-6-5-7-9-13/h5-9,12H,11H2,1-3H3. The largest absolute Gasteiger partial charge is 0.333 e. The molecule has 0 N–H and O–H groups in total. The van der Waals surface area contributed by atoms with Gasteiger partial charge in [-0.05, 0) is 25.8 Å². The maximum Gasteiger partial charge on any atom is 0.0380 e. The molecule has 0 fully saturated rings. The van der Waals surface area contributed by atoms with Crippen molar-refractivity contribution in [3.8, 4) is 12.0 Å². The van der Waals surface area contributed by atoms with Gasteiger partial charge in [0.25, 0.3) is 0 Å². The Hall–Kier alpha value is -1.42. The monoisotopic (exact) mass is 187 g/mol. The predicted molar refractivity (Wildman–Crippen MR) is 60.8 cm³/mol. The summed E-state index contributed by atoms with van der Waals surface area (Å²) in [5, 5.41) is 0. The van der Waals surface area contributed by atoms with E-state index in [-0.39, 0.29) is 0 Å². The molecule has 0 spiro atoms. The average Bonchev–Trinajstić information content (AvgIpc) is 2.19. The molecule has 0 heterocycles. The predicted octanol–water partition coefficient (Wildman–Crippen LogP) is 2.53. The van der Waals surface area contributed by atoms with Crippen LogP contribution in [0.4, 0.5) is 0 Å². The van der Waals surface area contributed by atoms with E-state index in [0.717, 1.165) is 6.42 Å². The number of benzene rings is 1. The van der Waals surface area contributed by atoms with Crippen molar-refractivity contribution in [1.82, 2.24) is 4.90 Å². The molecule has 1 rings (SSSR count). The smallest absolute Gasteiger partial charge is 0.0380 e. The van der Waals surface area contributed by atoms with Crippen LogP contribution in [-0.2, 0) is 6.42 Å². The van der Waals surface area contributed by atoms with Crippen molar-refractivity contribution in [2.24, 2.45) is 0 Å². The lowest BCUT2D eigenvalue weighted by atomic mass is 10.1. The minimum Gasteiger partial charge on any atom is -0.333 e. The number of rotatable bonds is 3. The minimum atomic E-state index is 0.463. The Labute approximate surface area is 86.7 Å². The molecular weight excluding hydrogens is 170 g/mol. The zero-order valence-corrected chi connectivity index (χ0v) is 9.12. The van der Waals surface area contributed by atoms with E-state index in [9.17, 15) is 0 Å². The normalized spacial score (nSPS) is 11.4. The van der Waals surface area contributed by atoms with Crippen LogP contribution in [0.5, 0.6) is 0 Å². The summed E-state index contributed by atoms with van der Waals surface area (Å²) in [6.07, 6.45) is 1.05. The molecule has 1 atom stereocenters. The van der Waals surface area contributed by atoms with E-state index in [0.29, 0.717) is 6.04 Å². The highest BCUT2D eigenvalue weighted by atomic mass is 15.1. The van der Waals surface area contributed by atoms with Gasteiger partial charge in [-0.25, -0.2) is 0 Å². The maximum atomic E-state index is 3.05. The van der Waals surface area contributed by atoms with Crippen LogP contribution in [0.1, 0.15) is 19.4 Å². The molecule has 1 unspecified atom stereocenters. The Kier molecular flexibility index (Phi) is 4.07. The number of hydrogen-bond donors (Lipinski definition) is 0. The van der Waals surface area contributed by atoms with Gasteiger partial charge in [0.1, 0.15) is 0 Å². The van der Waals surface area contributed by atoms with Crippen LogP contribution in [-0.4, -0.2) is 18.0 Å². The molecule has 1 aromatic carbocycles.